The average molecular weight is 528 g/mol. The molecule has 6 nitrogen and oxygen atoms in total. The maximum atomic E-state index is 12.9. The van der Waals surface area contributed by atoms with Crippen LogP contribution in [0.25, 0.3) is 0 Å². The number of benzene rings is 2. The fourth-order valence-corrected chi connectivity index (χ4v) is 2.52. The second-order valence-electron chi connectivity index (χ2n) is 6.67. The van der Waals surface area contributed by atoms with Crippen molar-refractivity contribution in [2.75, 3.05) is 33.8 Å². The van der Waals surface area contributed by atoms with Gasteiger partial charge in [0.05, 0.1) is 13.2 Å². The number of carbonyl (C=O) groups is 1. The zero-order valence-electron chi connectivity index (χ0n) is 17.7. The molecule has 30 heavy (non-hydrogen) atoms. The van der Waals surface area contributed by atoms with Crippen LogP contribution in [-0.4, -0.2) is 50.6 Å². The summed E-state index contributed by atoms with van der Waals surface area (Å²) in [6.45, 7) is 4.51. The van der Waals surface area contributed by atoms with Gasteiger partial charge in [-0.1, -0.05) is 12.1 Å². The lowest BCUT2D eigenvalue weighted by molar-refractivity contribution is 0.0827. The van der Waals surface area contributed by atoms with E-state index in [1.807, 2.05) is 31.2 Å². The normalized spacial score (nSPS) is 10.7. The molecule has 0 spiro atoms. The Morgan fingerprint density at radius 2 is 1.73 bits per heavy atom. The van der Waals surface area contributed by atoms with Crippen LogP contribution < -0.4 is 15.4 Å². The summed E-state index contributed by atoms with van der Waals surface area (Å²) in [6, 6.07) is 13.5. The summed E-state index contributed by atoms with van der Waals surface area (Å²) in [4.78, 5) is 18.1. The maximum absolute atomic E-state index is 12.9. The van der Waals surface area contributed by atoms with E-state index in [2.05, 4.69) is 15.6 Å². The van der Waals surface area contributed by atoms with Crippen LogP contribution in [-0.2, 0) is 6.54 Å². The van der Waals surface area contributed by atoms with Crippen molar-refractivity contribution in [3.05, 3.63) is 65.5 Å². The maximum Gasteiger partial charge on any atom is 0.253 e. The summed E-state index contributed by atoms with van der Waals surface area (Å²) in [5.74, 6) is 1.09. The van der Waals surface area contributed by atoms with Gasteiger partial charge in [-0.15, -0.1) is 24.0 Å². The molecule has 164 valence electrons. The van der Waals surface area contributed by atoms with Crippen LogP contribution in [0.15, 0.2) is 53.5 Å². The van der Waals surface area contributed by atoms with E-state index in [1.165, 1.54) is 12.1 Å². The number of carbonyl (C=O) groups excluding carboxylic acids is 1. The Hall–Kier alpha value is -2.36. The average Bonchev–Trinajstić information content (AvgIpc) is 2.72. The lowest BCUT2D eigenvalue weighted by atomic mass is 10.1. The van der Waals surface area contributed by atoms with E-state index in [0.717, 1.165) is 24.5 Å². The van der Waals surface area contributed by atoms with E-state index < -0.39 is 0 Å². The molecule has 0 saturated heterocycles. The molecule has 0 aliphatic heterocycles. The number of hydrogen-bond donors (Lipinski definition) is 2. The minimum Gasteiger partial charge on any atom is -0.494 e. The van der Waals surface area contributed by atoms with Gasteiger partial charge >= 0.3 is 0 Å². The number of aliphatic imine (C=N–C) groups is 1. The molecule has 0 aliphatic rings. The first kappa shape index (κ1) is 25.7. The fourth-order valence-electron chi connectivity index (χ4n) is 2.52. The van der Waals surface area contributed by atoms with Gasteiger partial charge in [0, 0.05) is 32.7 Å². The molecule has 2 N–H and O–H groups in total. The van der Waals surface area contributed by atoms with Gasteiger partial charge in [-0.25, -0.2) is 9.38 Å². The van der Waals surface area contributed by atoms with Crippen molar-refractivity contribution in [3.63, 3.8) is 0 Å². The molecule has 0 atom stereocenters. The number of ether oxygens (including phenoxy) is 1. The smallest absolute Gasteiger partial charge is 0.253 e. The first-order valence-electron chi connectivity index (χ1n) is 9.70. The molecule has 2 aromatic rings. The molecule has 0 radical (unpaired) electrons. The predicted molar refractivity (Wildman–Crippen MR) is 129 cm³/mol. The van der Waals surface area contributed by atoms with Crippen molar-refractivity contribution in [2.24, 2.45) is 4.99 Å². The van der Waals surface area contributed by atoms with Crippen LogP contribution in [0.3, 0.4) is 0 Å². The number of hydrogen-bond acceptors (Lipinski definition) is 3. The fraction of sp³-hybridized carbons (Fsp3) is 0.364. The Balaban J connectivity index is 0.00000450. The summed E-state index contributed by atoms with van der Waals surface area (Å²) in [5, 5.41) is 6.48. The highest BCUT2D eigenvalue weighted by Crippen LogP contribution is 2.11. The SMILES string of the molecule is CCNC(=NCc1ccc(C(=O)N(C)C)cc1)NCCCOc1ccc(F)cc1.I. The van der Waals surface area contributed by atoms with Crippen molar-refractivity contribution in [3.8, 4) is 5.75 Å². The molecule has 8 heteroatoms. The Morgan fingerprint density at radius 3 is 2.33 bits per heavy atom. The molecule has 0 unspecified atom stereocenters. The van der Waals surface area contributed by atoms with Crippen molar-refractivity contribution in [1.29, 1.82) is 0 Å². The summed E-state index contributed by atoms with van der Waals surface area (Å²) in [6.07, 6.45) is 0.781. The molecule has 0 bridgehead atoms. The number of guanidine groups is 1. The van der Waals surface area contributed by atoms with E-state index in [-0.39, 0.29) is 35.7 Å². The van der Waals surface area contributed by atoms with Crippen LogP contribution in [0.1, 0.15) is 29.3 Å². The van der Waals surface area contributed by atoms with Crippen molar-refractivity contribution in [1.82, 2.24) is 15.5 Å². The molecular formula is C22H30FIN4O2. The topological polar surface area (TPSA) is 66.0 Å². The molecule has 0 aromatic heterocycles. The van der Waals surface area contributed by atoms with Crippen LogP contribution in [0, 0.1) is 5.82 Å². The second-order valence-corrected chi connectivity index (χ2v) is 6.67. The van der Waals surface area contributed by atoms with Gasteiger partial charge in [0.15, 0.2) is 5.96 Å². The number of nitrogens with zero attached hydrogens (tertiary/aromatic N) is 2. The van der Waals surface area contributed by atoms with Crippen molar-refractivity contribution in [2.45, 2.75) is 19.9 Å². The van der Waals surface area contributed by atoms with Gasteiger partial charge in [-0.05, 0) is 55.3 Å². The van der Waals surface area contributed by atoms with Gasteiger partial charge in [0.1, 0.15) is 11.6 Å². The van der Waals surface area contributed by atoms with Crippen LogP contribution in [0.5, 0.6) is 5.75 Å². The number of amides is 1. The zero-order chi connectivity index (χ0) is 21.1. The third-order valence-electron chi connectivity index (χ3n) is 4.07. The first-order valence-corrected chi connectivity index (χ1v) is 9.70. The van der Waals surface area contributed by atoms with Gasteiger partial charge in [0.2, 0.25) is 0 Å². The minimum absolute atomic E-state index is 0. The third kappa shape index (κ3) is 8.98. The largest absolute Gasteiger partial charge is 0.494 e. The summed E-state index contributed by atoms with van der Waals surface area (Å²) in [5.41, 5.74) is 1.69. The lowest BCUT2D eigenvalue weighted by Crippen LogP contribution is -2.38. The molecule has 1 amide bonds. The highest BCUT2D eigenvalue weighted by molar-refractivity contribution is 14.0. The van der Waals surface area contributed by atoms with Gasteiger partial charge in [0.25, 0.3) is 5.91 Å². The predicted octanol–water partition coefficient (Wildman–Crippen LogP) is 3.67. The molecule has 0 saturated carbocycles. The monoisotopic (exact) mass is 528 g/mol. The summed E-state index contributed by atoms with van der Waals surface area (Å²) < 4.78 is 18.5. The Morgan fingerprint density at radius 1 is 1.07 bits per heavy atom. The molecule has 2 aromatic carbocycles. The van der Waals surface area contributed by atoms with E-state index in [4.69, 9.17) is 4.74 Å². The van der Waals surface area contributed by atoms with Crippen LogP contribution in [0.2, 0.25) is 0 Å². The minimum atomic E-state index is -0.274. The lowest BCUT2D eigenvalue weighted by Gasteiger charge is -2.12. The van der Waals surface area contributed by atoms with E-state index in [0.29, 0.717) is 31.0 Å². The molecule has 0 heterocycles. The number of rotatable bonds is 9. The highest BCUT2D eigenvalue weighted by Gasteiger charge is 2.07. The zero-order valence-corrected chi connectivity index (χ0v) is 20.0. The Kier molecular flexibility index (Phi) is 11.8. The van der Waals surface area contributed by atoms with E-state index >= 15 is 0 Å². The van der Waals surface area contributed by atoms with E-state index in [1.54, 1.807) is 31.1 Å². The first-order chi connectivity index (χ1) is 14.0. The quantitative estimate of drug-likeness (QED) is 0.226. The van der Waals surface area contributed by atoms with Crippen LogP contribution >= 0.6 is 24.0 Å². The van der Waals surface area contributed by atoms with Crippen LogP contribution in [0.4, 0.5) is 4.39 Å². The molecular weight excluding hydrogens is 498 g/mol. The van der Waals surface area contributed by atoms with E-state index in [9.17, 15) is 9.18 Å². The Labute approximate surface area is 194 Å². The van der Waals surface area contributed by atoms with Gasteiger partial charge in [-0.2, -0.15) is 0 Å². The molecule has 2 rings (SSSR count). The van der Waals surface area contributed by atoms with Gasteiger partial charge in [-0.3, -0.25) is 4.79 Å². The standard InChI is InChI=1S/C22H29FN4O2.HI/c1-4-24-22(25-14-5-15-29-20-12-10-19(23)11-13-20)26-16-17-6-8-18(9-7-17)21(28)27(2)3;/h6-13H,4-5,14-16H2,1-3H3,(H2,24,25,26);1H. The Bertz CT molecular complexity index is 796. The van der Waals surface area contributed by atoms with Crippen molar-refractivity contribution < 1.29 is 13.9 Å². The number of halogens is 2. The number of nitrogens with one attached hydrogen (secondary N) is 2. The third-order valence-corrected chi connectivity index (χ3v) is 4.07. The summed E-state index contributed by atoms with van der Waals surface area (Å²) in [7, 11) is 3.47. The summed E-state index contributed by atoms with van der Waals surface area (Å²) >= 11 is 0. The highest BCUT2D eigenvalue weighted by atomic mass is 127. The van der Waals surface area contributed by atoms with Crippen molar-refractivity contribution >= 4 is 35.8 Å². The van der Waals surface area contributed by atoms with Gasteiger partial charge < -0.3 is 20.3 Å². The second kappa shape index (κ2) is 13.8. The molecule has 0 aliphatic carbocycles. The molecule has 0 fully saturated rings.